The van der Waals surface area contributed by atoms with E-state index in [-0.39, 0.29) is 11.0 Å². The second kappa shape index (κ2) is 6.45. The van der Waals surface area contributed by atoms with Crippen LogP contribution in [-0.2, 0) is 0 Å². The van der Waals surface area contributed by atoms with Crippen LogP contribution in [0.5, 0.6) is 0 Å². The first kappa shape index (κ1) is 15.8. The molecule has 0 aliphatic rings. The van der Waals surface area contributed by atoms with Crippen molar-refractivity contribution in [2.75, 3.05) is 5.32 Å². The first-order chi connectivity index (χ1) is 9.86. The van der Waals surface area contributed by atoms with Crippen molar-refractivity contribution in [3.05, 3.63) is 57.8 Å². The van der Waals surface area contributed by atoms with Crippen molar-refractivity contribution in [2.45, 2.75) is 0 Å². The molecule has 0 aromatic heterocycles. The molecule has 0 radical (unpaired) electrons. The highest BCUT2D eigenvalue weighted by atomic mass is 35.5. The Morgan fingerprint density at radius 3 is 2.29 bits per heavy atom. The zero-order valence-corrected chi connectivity index (χ0v) is 12.0. The minimum Gasteiger partial charge on any atom is -0.423 e. The van der Waals surface area contributed by atoms with E-state index in [1.165, 1.54) is 24.3 Å². The van der Waals surface area contributed by atoms with Gasteiger partial charge < -0.3 is 15.4 Å². The molecule has 21 heavy (non-hydrogen) atoms. The van der Waals surface area contributed by atoms with Crippen molar-refractivity contribution in [3.63, 3.8) is 0 Å². The van der Waals surface area contributed by atoms with Gasteiger partial charge in [0.1, 0.15) is 5.82 Å². The largest absolute Gasteiger partial charge is 0.491 e. The van der Waals surface area contributed by atoms with Crippen LogP contribution < -0.4 is 10.8 Å². The summed E-state index contributed by atoms with van der Waals surface area (Å²) in [5.74, 6) is -1.37. The molecule has 0 unspecified atom stereocenters. The number of nitrogens with one attached hydrogen (secondary N) is 1. The molecule has 8 heteroatoms. The van der Waals surface area contributed by atoms with Gasteiger partial charge in [-0.25, -0.2) is 4.39 Å². The Bertz CT molecular complexity index is 677. The summed E-state index contributed by atoms with van der Waals surface area (Å²) >= 11 is 11.6. The average Bonchev–Trinajstić information content (AvgIpc) is 2.37. The summed E-state index contributed by atoms with van der Waals surface area (Å²) in [5, 5.41) is 21.3. The first-order valence-electron chi connectivity index (χ1n) is 5.80. The van der Waals surface area contributed by atoms with E-state index >= 15 is 0 Å². The van der Waals surface area contributed by atoms with Gasteiger partial charge >= 0.3 is 7.12 Å². The molecule has 0 saturated carbocycles. The second-order valence-corrected chi connectivity index (χ2v) is 5.10. The molecule has 2 aromatic carbocycles. The van der Waals surface area contributed by atoms with E-state index in [1.807, 2.05) is 0 Å². The van der Waals surface area contributed by atoms with Gasteiger partial charge in [0.15, 0.2) is 0 Å². The third-order valence-electron chi connectivity index (χ3n) is 2.66. The van der Waals surface area contributed by atoms with Crippen LogP contribution in [-0.4, -0.2) is 23.1 Å². The third kappa shape index (κ3) is 3.95. The van der Waals surface area contributed by atoms with Gasteiger partial charge in [0.25, 0.3) is 5.91 Å². The lowest BCUT2D eigenvalue weighted by atomic mass is 9.79. The minimum atomic E-state index is -2.00. The molecule has 0 spiro atoms. The smallest absolute Gasteiger partial charge is 0.423 e. The lowest BCUT2D eigenvalue weighted by molar-refractivity contribution is 0.102. The lowest BCUT2D eigenvalue weighted by Gasteiger charge is -2.08. The molecule has 0 aliphatic carbocycles. The van der Waals surface area contributed by atoms with Crippen LogP contribution >= 0.6 is 23.2 Å². The molecule has 0 fully saturated rings. The molecule has 0 atom stereocenters. The summed E-state index contributed by atoms with van der Waals surface area (Å²) in [4.78, 5) is 12.0. The van der Waals surface area contributed by atoms with Gasteiger partial charge in [-0.3, -0.25) is 4.79 Å². The summed E-state index contributed by atoms with van der Waals surface area (Å²) in [6, 6.07) is 7.77. The summed E-state index contributed by atoms with van der Waals surface area (Å²) in [7, 11) is -2.00. The quantitative estimate of drug-likeness (QED) is 0.756. The molecular weight excluding hydrogens is 319 g/mol. The van der Waals surface area contributed by atoms with Crippen molar-refractivity contribution in [2.24, 2.45) is 0 Å². The van der Waals surface area contributed by atoms with E-state index in [4.69, 9.17) is 33.2 Å². The van der Waals surface area contributed by atoms with E-state index in [0.29, 0.717) is 15.7 Å². The summed E-state index contributed by atoms with van der Waals surface area (Å²) in [6.07, 6.45) is 0. The highest BCUT2D eigenvalue weighted by Crippen LogP contribution is 2.22. The fourth-order valence-corrected chi connectivity index (χ4v) is 2.24. The maximum absolute atomic E-state index is 13.3. The van der Waals surface area contributed by atoms with Crippen LogP contribution in [0.25, 0.3) is 0 Å². The van der Waals surface area contributed by atoms with Crippen LogP contribution in [0, 0.1) is 5.82 Å². The molecule has 2 rings (SSSR count). The van der Waals surface area contributed by atoms with Crippen LogP contribution in [0.1, 0.15) is 10.4 Å². The highest BCUT2D eigenvalue weighted by Gasteiger charge is 2.19. The maximum atomic E-state index is 13.3. The number of benzene rings is 2. The first-order valence-corrected chi connectivity index (χ1v) is 6.55. The molecule has 3 N–H and O–H groups in total. The van der Waals surface area contributed by atoms with Crippen LogP contribution in [0.15, 0.2) is 36.4 Å². The van der Waals surface area contributed by atoms with Gasteiger partial charge in [0.05, 0.1) is 0 Å². The Kier molecular flexibility index (Phi) is 4.85. The van der Waals surface area contributed by atoms with Crippen molar-refractivity contribution < 1.29 is 19.2 Å². The SMILES string of the molecule is O=C(Nc1cc(Cl)cc(Cl)c1)c1ccc(F)c(B(O)O)c1. The number of amides is 1. The second-order valence-electron chi connectivity index (χ2n) is 4.22. The number of rotatable bonds is 3. The Hall–Kier alpha value is -1.60. The molecule has 0 aliphatic heterocycles. The van der Waals surface area contributed by atoms with E-state index in [1.54, 1.807) is 0 Å². The van der Waals surface area contributed by atoms with Crippen LogP contribution in [0.3, 0.4) is 0 Å². The molecular formula is C13H9BCl2FNO3. The van der Waals surface area contributed by atoms with E-state index < -0.39 is 18.8 Å². The number of carbonyl (C=O) groups excluding carboxylic acids is 1. The van der Waals surface area contributed by atoms with E-state index in [0.717, 1.165) is 12.1 Å². The van der Waals surface area contributed by atoms with Crippen LogP contribution in [0.2, 0.25) is 10.0 Å². The number of anilines is 1. The van der Waals surface area contributed by atoms with Gasteiger partial charge in [-0.1, -0.05) is 23.2 Å². The number of hydrogen-bond acceptors (Lipinski definition) is 3. The van der Waals surface area contributed by atoms with Gasteiger partial charge in [-0.2, -0.15) is 0 Å². The maximum Gasteiger partial charge on any atom is 0.491 e. The Morgan fingerprint density at radius 1 is 1.10 bits per heavy atom. The summed E-state index contributed by atoms with van der Waals surface area (Å²) in [6.45, 7) is 0. The molecule has 108 valence electrons. The van der Waals surface area contributed by atoms with Gasteiger partial charge in [-0.05, 0) is 36.4 Å². The number of halogens is 3. The molecule has 0 saturated heterocycles. The standard InChI is InChI=1S/C13H9BCl2FNO3/c15-8-4-9(16)6-10(5-8)18-13(19)7-1-2-12(17)11(3-7)14(20)21/h1-6,20-21H,(H,18,19). The topological polar surface area (TPSA) is 69.6 Å². The minimum absolute atomic E-state index is 0.0654. The number of hydrogen-bond donors (Lipinski definition) is 3. The monoisotopic (exact) mass is 327 g/mol. The Balaban J connectivity index is 2.26. The van der Waals surface area contributed by atoms with Gasteiger partial charge in [0.2, 0.25) is 0 Å². The number of carbonyl (C=O) groups is 1. The normalized spacial score (nSPS) is 10.3. The Labute approximate surface area is 130 Å². The summed E-state index contributed by atoms with van der Waals surface area (Å²) in [5.41, 5.74) is 0.0512. The molecule has 0 bridgehead atoms. The van der Waals surface area contributed by atoms with Gasteiger partial charge in [0, 0.05) is 26.8 Å². The molecule has 4 nitrogen and oxygen atoms in total. The predicted octanol–water partition coefficient (Wildman–Crippen LogP) is 2.06. The summed E-state index contributed by atoms with van der Waals surface area (Å²) < 4.78 is 13.3. The van der Waals surface area contributed by atoms with Crippen molar-refractivity contribution in [1.29, 1.82) is 0 Å². The third-order valence-corrected chi connectivity index (χ3v) is 3.09. The average molecular weight is 328 g/mol. The fraction of sp³-hybridized carbons (Fsp3) is 0. The predicted molar refractivity (Wildman–Crippen MR) is 80.6 cm³/mol. The Morgan fingerprint density at radius 2 is 1.71 bits per heavy atom. The molecule has 2 aromatic rings. The van der Waals surface area contributed by atoms with E-state index in [9.17, 15) is 9.18 Å². The molecule has 1 amide bonds. The zero-order chi connectivity index (χ0) is 15.6. The fourth-order valence-electron chi connectivity index (χ4n) is 1.71. The lowest BCUT2D eigenvalue weighted by Crippen LogP contribution is -2.33. The highest BCUT2D eigenvalue weighted by molar-refractivity contribution is 6.58. The van der Waals surface area contributed by atoms with Crippen molar-refractivity contribution in [1.82, 2.24) is 0 Å². The van der Waals surface area contributed by atoms with E-state index in [2.05, 4.69) is 5.32 Å². The van der Waals surface area contributed by atoms with Gasteiger partial charge in [-0.15, -0.1) is 0 Å². The molecule has 0 heterocycles. The van der Waals surface area contributed by atoms with Crippen molar-refractivity contribution in [3.8, 4) is 0 Å². The zero-order valence-electron chi connectivity index (χ0n) is 10.5. The van der Waals surface area contributed by atoms with Crippen LogP contribution in [0.4, 0.5) is 10.1 Å². The van der Waals surface area contributed by atoms with Crippen molar-refractivity contribution >= 4 is 47.4 Å².